The first-order valence-corrected chi connectivity index (χ1v) is 10.8. The van der Waals surface area contributed by atoms with E-state index in [9.17, 15) is 9.59 Å². The predicted octanol–water partition coefficient (Wildman–Crippen LogP) is 5.06. The van der Waals surface area contributed by atoms with Crippen LogP contribution in [0.4, 0.5) is 5.69 Å². The zero-order valence-corrected chi connectivity index (χ0v) is 19.3. The quantitative estimate of drug-likeness (QED) is 0.561. The van der Waals surface area contributed by atoms with E-state index in [4.69, 9.17) is 4.52 Å². The van der Waals surface area contributed by atoms with Gasteiger partial charge in [0.25, 0.3) is 11.8 Å². The van der Waals surface area contributed by atoms with Crippen LogP contribution in [-0.2, 0) is 6.42 Å². The summed E-state index contributed by atoms with van der Waals surface area (Å²) in [5.41, 5.74) is 2.44. The molecule has 0 aliphatic carbocycles. The van der Waals surface area contributed by atoms with Crippen molar-refractivity contribution in [2.45, 2.75) is 41.0 Å². The minimum Gasteiger partial charge on any atom is -0.339 e. The van der Waals surface area contributed by atoms with Gasteiger partial charge in [-0.1, -0.05) is 38.1 Å². The van der Waals surface area contributed by atoms with Gasteiger partial charge in [-0.2, -0.15) is 4.98 Å². The number of nitrogens with one attached hydrogen (secondary N) is 1. The Hall–Kier alpha value is -3.48. The van der Waals surface area contributed by atoms with E-state index in [2.05, 4.69) is 36.2 Å². The maximum atomic E-state index is 12.8. The van der Waals surface area contributed by atoms with Crippen LogP contribution >= 0.6 is 0 Å². The van der Waals surface area contributed by atoms with Gasteiger partial charge in [-0.25, -0.2) is 0 Å². The lowest BCUT2D eigenvalue weighted by Gasteiger charge is -2.18. The van der Waals surface area contributed by atoms with Crippen LogP contribution in [0.2, 0.25) is 0 Å². The van der Waals surface area contributed by atoms with E-state index in [0.29, 0.717) is 53.6 Å². The SMILES string of the molecule is CCN(CC)C(=O)c1ccc(NC(=O)c2cccc(-c3noc(CC(C)(C)C)n3)c2)cc1. The molecule has 0 spiro atoms. The Kier molecular flexibility index (Phi) is 7.08. The first-order chi connectivity index (χ1) is 15.2. The van der Waals surface area contributed by atoms with Gasteiger partial charge in [-0.05, 0) is 55.7 Å². The highest BCUT2D eigenvalue weighted by Gasteiger charge is 2.18. The molecule has 0 saturated carbocycles. The topological polar surface area (TPSA) is 88.3 Å². The molecular formula is C25H30N4O3. The van der Waals surface area contributed by atoms with Crippen molar-refractivity contribution in [2.75, 3.05) is 18.4 Å². The molecule has 168 valence electrons. The van der Waals surface area contributed by atoms with Gasteiger partial charge in [0.15, 0.2) is 0 Å². The van der Waals surface area contributed by atoms with Gasteiger partial charge in [0.2, 0.25) is 11.7 Å². The molecule has 3 rings (SSSR count). The molecule has 0 radical (unpaired) electrons. The van der Waals surface area contributed by atoms with Crippen molar-refractivity contribution in [3.63, 3.8) is 0 Å². The molecule has 1 heterocycles. The molecule has 0 saturated heterocycles. The summed E-state index contributed by atoms with van der Waals surface area (Å²) in [5.74, 6) is 0.750. The molecule has 3 aromatic rings. The van der Waals surface area contributed by atoms with E-state index < -0.39 is 0 Å². The molecule has 0 aliphatic heterocycles. The fourth-order valence-electron chi connectivity index (χ4n) is 3.29. The summed E-state index contributed by atoms with van der Waals surface area (Å²) >= 11 is 0. The number of amides is 2. The van der Waals surface area contributed by atoms with Crippen molar-refractivity contribution >= 4 is 17.5 Å². The van der Waals surface area contributed by atoms with Gasteiger partial charge in [0.1, 0.15) is 0 Å². The highest BCUT2D eigenvalue weighted by Crippen LogP contribution is 2.23. The largest absolute Gasteiger partial charge is 0.339 e. The summed E-state index contributed by atoms with van der Waals surface area (Å²) in [4.78, 5) is 31.4. The second kappa shape index (κ2) is 9.77. The molecule has 0 bridgehead atoms. The standard InChI is InChI=1S/C25H30N4O3/c1-6-29(7-2)24(31)17-11-13-20(14-12-17)26-23(30)19-10-8-9-18(15-19)22-27-21(32-28-22)16-25(3,4)5/h8-15H,6-7,16H2,1-5H3,(H,26,30). The molecule has 1 N–H and O–H groups in total. The molecule has 7 heteroatoms. The highest BCUT2D eigenvalue weighted by atomic mass is 16.5. The van der Waals surface area contributed by atoms with Gasteiger partial charge < -0.3 is 14.7 Å². The summed E-state index contributed by atoms with van der Waals surface area (Å²) in [6, 6.07) is 14.0. The van der Waals surface area contributed by atoms with Gasteiger partial charge in [0.05, 0.1) is 0 Å². The molecule has 2 amide bonds. The van der Waals surface area contributed by atoms with Gasteiger partial charge >= 0.3 is 0 Å². The number of benzene rings is 2. The molecule has 0 atom stereocenters. The van der Waals surface area contributed by atoms with Crippen molar-refractivity contribution in [1.82, 2.24) is 15.0 Å². The molecule has 0 aliphatic rings. The first kappa shape index (κ1) is 23.2. The number of hydrogen-bond donors (Lipinski definition) is 1. The lowest BCUT2D eigenvalue weighted by Crippen LogP contribution is -2.30. The van der Waals surface area contributed by atoms with E-state index in [1.165, 1.54) is 0 Å². The highest BCUT2D eigenvalue weighted by molar-refractivity contribution is 6.05. The molecule has 2 aromatic carbocycles. The fraction of sp³-hybridized carbons (Fsp3) is 0.360. The summed E-state index contributed by atoms with van der Waals surface area (Å²) < 4.78 is 5.36. The van der Waals surface area contributed by atoms with E-state index in [0.717, 1.165) is 0 Å². The average molecular weight is 435 g/mol. The van der Waals surface area contributed by atoms with E-state index in [1.54, 1.807) is 47.4 Å². The third kappa shape index (κ3) is 5.81. The lowest BCUT2D eigenvalue weighted by molar-refractivity contribution is 0.0773. The number of hydrogen-bond acceptors (Lipinski definition) is 5. The second-order valence-electron chi connectivity index (χ2n) is 8.84. The smallest absolute Gasteiger partial charge is 0.255 e. The summed E-state index contributed by atoms with van der Waals surface area (Å²) in [7, 11) is 0. The third-order valence-electron chi connectivity index (χ3n) is 4.97. The second-order valence-corrected chi connectivity index (χ2v) is 8.84. The van der Waals surface area contributed by atoms with Gasteiger partial charge in [-0.15, -0.1) is 0 Å². The van der Waals surface area contributed by atoms with Crippen LogP contribution < -0.4 is 5.32 Å². The molecule has 0 unspecified atom stereocenters. The van der Waals surface area contributed by atoms with Crippen LogP contribution in [0.15, 0.2) is 53.1 Å². The van der Waals surface area contributed by atoms with Crippen molar-refractivity contribution in [3.8, 4) is 11.4 Å². The zero-order valence-electron chi connectivity index (χ0n) is 19.3. The minimum absolute atomic E-state index is 0.0217. The van der Waals surface area contributed by atoms with Crippen LogP contribution in [0, 0.1) is 5.41 Å². The molecule has 0 fully saturated rings. The van der Waals surface area contributed by atoms with Crippen molar-refractivity contribution < 1.29 is 14.1 Å². The summed E-state index contributed by atoms with van der Waals surface area (Å²) in [6.45, 7) is 11.5. The van der Waals surface area contributed by atoms with Crippen LogP contribution in [0.3, 0.4) is 0 Å². The van der Waals surface area contributed by atoms with Crippen molar-refractivity contribution in [2.24, 2.45) is 5.41 Å². The first-order valence-electron chi connectivity index (χ1n) is 10.8. The van der Waals surface area contributed by atoms with Crippen LogP contribution in [0.25, 0.3) is 11.4 Å². The number of aromatic nitrogens is 2. The lowest BCUT2D eigenvalue weighted by atomic mass is 9.92. The molecular weight excluding hydrogens is 404 g/mol. The van der Waals surface area contributed by atoms with Gasteiger partial charge in [0, 0.05) is 41.9 Å². The third-order valence-corrected chi connectivity index (χ3v) is 4.97. The normalized spacial score (nSPS) is 11.3. The zero-order chi connectivity index (χ0) is 23.3. The number of carbonyl (C=O) groups excluding carboxylic acids is 2. The average Bonchev–Trinajstić information content (AvgIpc) is 3.22. The van der Waals surface area contributed by atoms with E-state index >= 15 is 0 Å². The summed E-state index contributed by atoms with van der Waals surface area (Å²) in [5, 5.41) is 6.92. The fourth-order valence-corrected chi connectivity index (χ4v) is 3.29. The van der Waals surface area contributed by atoms with Gasteiger partial charge in [-0.3, -0.25) is 9.59 Å². The maximum absolute atomic E-state index is 12.8. The Morgan fingerprint density at radius 1 is 1.00 bits per heavy atom. The molecule has 7 nitrogen and oxygen atoms in total. The Balaban J connectivity index is 1.71. The van der Waals surface area contributed by atoms with E-state index in [-0.39, 0.29) is 17.2 Å². The van der Waals surface area contributed by atoms with Crippen LogP contribution in [0.1, 0.15) is 61.2 Å². The maximum Gasteiger partial charge on any atom is 0.255 e. The predicted molar refractivity (Wildman–Crippen MR) is 125 cm³/mol. The van der Waals surface area contributed by atoms with Crippen molar-refractivity contribution in [3.05, 3.63) is 65.5 Å². The number of anilines is 1. The van der Waals surface area contributed by atoms with Crippen LogP contribution in [0.5, 0.6) is 0 Å². The molecule has 32 heavy (non-hydrogen) atoms. The number of rotatable bonds is 7. The Bertz CT molecular complexity index is 1080. The molecule has 1 aromatic heterocycles. The minimum atomic E-state index is -0.256. The Morgan fingerprint density at radius 2 is 1.69 bits per heavy atom. The monoisotopic (exact) mass is 434 g/mol. The Morgan fingerprint density at radius 3 is 2.31 bits per heavy atom. The van der Waals surface area contributed by atoms with Crippen molar-refractivity contribution in [1.29, 1.82) is 0 Å². The number of carbonyl (C=O) groups is 2. The Labute approximate surface area is 188 Å². The summed E-state index contributed by atoms with van der Waals surface area (Å²) in [6.07, 6.45) is 0.674. The van der Waals surface area contributed by atoms with E-state index in [1.807, 2.05) is 19.9 Å². The van der Waals surface area contributed by atoms with Crippen LogP contribution in [-0.4, -0.2) is 39.9 Å². The number of nitrogens with zero attached hydrogens (tertiary/aromatic N) is 3.